The van der Waals surface area contributed by atoms with Gasteiger partial charge in [-0.15, -0.1) is 0 Å². The maximum atomic E-state index is 13.2. The molecule has 0 aliphatic carbocycles. The van der Waals surface area contributed by atoms with Crippen LogP contribution in [0.2, 0.25) is 0 Å². The van der Waals surface area contributed by atoms with Crippen molar-refractivity contribution in [2.75, 3.05) is 10.6 Å². The van der Waals surface area contributed by atoms with Crippen LogP contribution in [0, 0.1) is 6.92 Å². The van der Waals surface area contributed by atoms with Crippen molar-refractivity contribution in [1.82, 2.24) is 4.98 Å². The minimum absolute atomic E-state index is 0.227. The van der Waals surface area contributed by atoms with E-state index in [0.717, 1.165) is 11.1 Å². The number of carbonyl (C=O) groups is 2. The molecule has 1 atom stereocenters. The Morgan fingerprint density at radius 3 is 2.74 bits per heavy atom. The topological polar surface area (TPSA) is 93.5 Å². The molecule has 5 rings (SSSR count). The van der Waals surface area contributed by atoms with Crippen molar-refractivity contribution in [2.24, 2.45) is 0 Å². The van der Waals surface area contributed by atoms with E-state index >= 15 is 0 Å². The summed E-state index contributed by atoms with van der Waals surface area (Å²) in [5.41, 5.74) is 2.81. The molecule has 7 heteroatoms. The lowest BCUT2D eigenvalue weighted by atomic mass is 10.1. The monoisotopic (exact) mass is 413 g/mol. The summed E-state index contributed by atoms with van der Waals surface area (Å²) < 4.78 is 11.3. The average molecular weight is 413 g/mol. The Hall–Kier alpha value is -4.13. The molecule has 0 spiro atoms. The number of nitrogens with one attached hydrogen (secondary N) is 2. The summed E-state index contributed by atoms with van der Waals surface area (Å²) in [7, 11) is 0. The highest BCUT2D eigenvalue weighted by Crippen LogP contribution is 2.33. The van der Waals surface area contributed by atoms with Crippen LogP contribution in [0.4, 0.5) is 11.4 Å². The van der Waals surface area contributed by atoms with Crippen LogP contribution in [-0.2, 0) is 4.79 Å². The van der Waals surface area contributed by atoms with Gasteiger partial charge in [0.15, 0.2) is 11.9 Å². The summed E-state index contributed by atoms with van der Waals surface area (Å²) >= 11 is 0. The van der Waals surface area contributed by atoms with Gasteiger partial charge in [0.25, 0.3) is 11.8 Å². The number of pyridine rings is 1. The predicted molar refractivity (Wildman–Crippen MR) is 117 cm³/mol. The Morgan fingerprint density at radius 1 is 1.10 bits per heavy atom. The molecule has 0 saturated heterocycles. The van der Waals surface area contributed by atoms with E-state index in [9.17, 15) is 9.59 Å². The molecule has 0 unspecified atom stereocenters. The number of ether oxygens (including phenoxy) is 1. The molecule has 3 heterocycles. The summed E-state index contributed by atoms with van der Waals surface area (Å²) in [6, 6.07) is 18.0. The summed E-state index contributed by atoms with van der Waals surface area (Å²) in [6.07, 6.45) is -0.556. The minimum atomic E-state index is -0.556. The molecule has 0 fully saturated rings. The Balaban J connectivity index is 1.51. The zero-order valence-electron chi connectivity index (χ0n) is 16.9. The number of anilines is 2. The van der Waals surface area contributed by atoms with E-state index in [0.29, 0.717) is 39.7 Å². The number of nitrogens with zero attached hydrogens (tertiary/aromatic N) is 1. The second kappa shape index (κ2) is 7.28. The van der Waals surface area contributed by atoms with Crippen LogP contribution in [0.3, 0.4) is 0 Å². The van der Waals surface area contributed by atoms with Crippen LogP contribution >= 0.6 is 0 Å². The summed E-state index contributed by atoms with van der Waals surface area (Å²) in [5, 5.41) is 6.43. The van der Waals surface area contributed by atoms with Gasteiger partial charge in [0.1, 0.15) is 17.2 Å². The van der Waals surface area contributed by atoms with E-state index in [2.05, 4.69) is 15.6 Å². The van der Waals surface area contributed by atoms with Crippen LogP contribution < -0.4 is 15.4 Å². The molecule has 0 bridgehead atoms. The van der Waals surface area contributed by atoms with Gasteiger partial charge < -0.3 is 19.8 Å². The van der Waals surface area contributed by atoms with Crippen molar-refractivity contribution in [2.45, 2.75) is 20.0 Å². The fourth-order valence-electron chi connectivity index (χ4n) is 3.55. The standard InChI is InChI=1S/C24H19N3O4/c1-13-7-9-21(30-13)20-12-17(16-5-3-4-6-18(16)26-20)24(29)25-15-8-10-22-19(11-15)27-23(28)14(2)31-22/h3-12,14H,1-2H3,(H,25,29)(H,27,28)/t14-/m1/s1. The average Bonchev–Trinajstić information content (AvgIpc) is 3.20. The van der Waals surface area contributed by atoms with Crippen molar-refractivity contribution in [1.29, 1.82) is 0 Å². The lowest BCUT2D eigenvalue weighted by Gasteiger charge is -2.23. The molecule has 0 radical (unpaired) electrons. The van der Waals surface area contributed by atoms with Crippen molar-refractivity contribution >= 4 is 34.1 Å². The molecule has 2 aromatic carbocycles. The number of hydrogen-bond donors (Lipinski definition) is 2. The number of carbonyl (C=O) groups excluding carboxylic acids is 2. The zero-order chi connectivity index (χ0) is 21.5. The van der Waals surface area contributed by atoms with Gasteiger partial charge in [-0.25, -0.2) is 4.98 Å². The molecular weight excluding hydrogens is 394 g/mol. The SMILES string of the molecule is Cc1ccc(-c2cc(C(=O)Nc3ccc4c(c3)NC(=O)[C@@H](C)O4)c3ccccc3n2)o1. The van der Waals surface area contributed by atoms with Crippen LogP contribution in [0.5, 0.6) is 5.75 Å². The summed E-state index contributed by atoms with van der Waals surface area (Å²) in [5.74, 6) is 1.41. The number of hydrogen-bond acceptors (Lipinski definition) is 5. The second-order valence-electron chi connectivity index (χ2n) is 7.40. The maximum Gasteiger partial charge on any atom is 0.265 e. The van der Waals surface area contributed by atoms with E-state index in [1.54, 1.807) is 31.2 Å². The van der Waals surface area contributed by atoms with Gasteiger partial charge in [0.05, 0.1) is 16.8 Å². The third-order valence-corrected chi connectivity index (χ3v) is 5.12. The van der Waals surface area contributed by atoms with Crippen molar-refractivity contribution in [3.8, 4) is 17.2 Å². The number of amides is 2. The molecule has 31 heavy (non-hydrogen) atoms. The van der Waals surface area contributed by atoms with E-state index in [4.69, 9.17) is 9.15 Å². The highest BCUT2D eigenvalue weighted by atomic mass is 16.5. The predicted octanol–water partition coefficient (Wildman–Crippen LogP) is 4.77. The van der Waals surface area contributed by atoms with Crippen molar-refractivity contribution in [3.63, 3.8) is 0 Å². The molecule has 2 aromatic heterocycles. The van der Waals surface area contributed by atoms with Crippen LogP contribution in [0.25, 0.3) is 22.4 Å². The smallest absolute Gasteiger partial charge is 0.265 e. The Morgan fingerprint density at radius 2 is 1.94 bits per heavy atom. The molecule has 2 N–H and O–H groups in total. The van der Waals surface area contributed by atoms with Gasteiger partial charge in [-0.05, 0) is 56.3 Å². The molecule has 154 valence electrons. The second-order valence-corrected chi connectivity index (χ2v) is 7.40. The lowest BCUT2D eigenvalue weighted by molar-refractivity contribution is -0.122. The zero-order valence-corrected chi connectivity index (χ0v) is 16.9. The first kappa shape index (κ1) is 18.9. The quantitative estimate of drug-likeness (QED) is 0.504. The molecule has 7 nitrogen and oxygen atoms in total. The lowest BCUT2D eigenvalue weighted by Crippen LogP contribution is -2.34. The van der Waals surface area contributed by atoms with Gasteiger partial charge in [-0.3, -0.25) is 9.59 Å². The molecule has 4 aromatic rings. The van der Waals surface area contributed by atoms with Gasteiger partial charge in [-0.1, -0.05) is 18.2 Å². The summed E-state index contributed by atoms with van der Waals surface area (Å²) in [4.78, 5) is 29.8. The number of rotatable bonds is 3. The van der Waals surface area contributed by atoms with Crippen molar-refractivity contribution < 1.29 is 18.7 Å². The first-order valence-corrected chi connectivity index (χ1v) is 9.87. The highest BCUT2D eigenvalue weighted by molar-refractivity contribution is 6.13. The van der Waals surface area contributed by atoms with E-state index in [-0.39, 0.29) is 11.8 Å². The van der Waals surface area contributed by atoms with E-state index in [1.165, 1.54) is 0 Å². The van der Waals surface area contributed by atoms with Crippen LogP contribution in [-0.4, -0.2) is 22.9 Å². The molecule has 1 aliphatic heterocycles. The van der Waals surface area contributed by atoms with E-state index in [1.807, 2.05) is 43.3 Å². The number of benzene rings is 2. The van der Waals surface area contributed by atoms with Gasteiger partial charge >= 0.3 is 0 Å². The largest absolute Gasteiger partial charge is 0.479 e. The highest BCUT2D eigenvalue weighted by Gasteiger charge is 2.24. The van der Waals surface area contributed by atoms with Gasteiger partial charge in [0, 0.05) is 11.1 Å². The number of fused-ring (bicyclic) bond motifs is 2. The fraction of sp³-hybridized carbons (Fsp3) is 0.125. The number of aryl methyl sites for hydroxylation is 1. The van der Waals surface area contributed by atoms with Crippen LogP contribution in [0.15, 0.2) is 65.1 Å². The normalized spacial score (nSPS) is 15.2. The number of aromatic nitrogens is 1. The molecule has 1 aliphatic rings. The Kier molecular flexibility index (Phi) is 4.43. The number of furan rings is 1. The fourth-order valence-corrected chi connectivity index (χ4v) is 3.55. The Labute approximate surface area is 178 Å². The third kappa shape index (κ3) is 3.50. The van der Waals surface area contributed by atoms with Crippen molar-refractivity contribution in [3.05, 3.63) is 72.0 Å². The van der Waals surface area contributed by atoms with E-state index < -0.39 is 6.10 Å². The maximum absolute atomic E-state index is 13.2. The molecule has 0 saturated carbocycles. The number of para-hydroxylation sites is 1. The minimum Gasteiger partial charge on any atom is -0.479 e. The first-order valence-electron chi connectivity index (χ1n) is 9.87. The molecular formula is C24H19N3O4. The summed E-state index contributed by atoms with van der Waals surface area (Å²) in [6.45, 7) is 3.54. The third-order valence-electron chi connectivity index (χ3n) is 5.12. The van der Waals surface area contributed by atoms with Crippen LogP contribution in [0.1, 0.15) is 23.0 Å². The van der Waals surface area contributed by atoms with Gasteiger partial charge in [0.2, 0.25) is 0 Å². The first-order chi connectivity index (χ1) is 15.0. The van der Waals surface area contributed by atoms with Gasteiger partial charge in [-0.2, -0.15) is 0 Å². The Bertz CT molecular complexity index is 1340. The molecule has 2 amide bonds.